The first-order valence-electron chi connectivity index (χ1n) is 7.01. The van der Waals surface area contributed by atoms with E-state index in [1.807, 2.05) is 0 Å². The summed E-state index contributed by atoms with van der Waals surface area (Å²) in [6, 6.07) is 0. The van der Waals surface area contributed by atoms with E-state index in [2.05, 4.69) is 18.8 Å². The van der Waals surface area contributed by atoms with Crippen molar-refractivity contribution in [2.24, 2.45) is 5.41 Å². The van der Waals surface area contributed by atoms with Crippen molar-refractivity contribution in [2.75, 3.05) is 7.11 Å². The van der Waals surface area contributed by atoms with Crippen LogP contribution in [0.4, 0.5) is 0 Å². The van der Waals surface area contributed by atoms with Gasteiger partial charge in [-0.2, -0.15) is 0 Å². The minimum Gasteiger partial charge on any atom is -0.476 e. The third-order valence-corrected chi connectivity index (χ3v) is 5.68. The highest BCUT2D eigenvalue weighted by atomic mass is 32.1. The normalized spacial score (nSPS) is 20.2. The first kappa shape index (κ1) is 16.1. The average Bonchev–Trinajstić information content (AvgIpc) is 2.85. The van der Waals surface area contributed by atoms with Gasteiger partial charge in [-0.05, 0) is 31.1 Å². The van der Waals surface area contributed by atoms with Crippen molar-refractivity contribution in [3.05, 3.63) is 15.6 Å². The molecule has 1 N–H and O–H groups in total. The zero-order valence-electron chi connectivity index (χ0n) is 12.9. The highest BCUT2D eigenvalue weighted by Gasteiger charge is 2.43. The maximum atomic E-state index is 11.6. The Kier molecular flexibility index (Phi) is 4.22. The van der Waals surface area contributed by atoms with Crippen LogP contribution in [-0.4, -0.2) is 29.0 Å². The molecule has 2 rings (SSSR count). The second-order valence-corrected chi connectivity index (χ2v) is 7.42. The number of nitrogens with zero attached hydrogens (tertiary/aromatic N) is 1. The number of methoxy groups -OCH3 is 1. The smallest absolute Gasteiger partial charge is 0.356 e. The van der Waals surface area contributed by atoms with Crippen molar-refractivity contribution < 1.29 is 19.4 Å². The molecule has 1 aliphatic carbocycles. The molecule has 1 aromatic rings. The van der Waals surface area contributed by atoms with E-state index in [4.69, 9.17) is 4.74 Å². The van der Waals surface area contributed by atoms with Crippen LogP contribution in [0.5, 0.6) is 0 Å². The van der Waals surface area contributed by atoms with E-state index in [1.54, 1.807) is 7.11 Å². The van der Waals surface area contributed by atoms with Crippen LogP contribution in [0.15, 0.2) is 0 Å². The fraction of sp³-hybridized carbons (Fsp3) is 0.667. The van der Waals surface area contributed by atoms with Crippen LogP contribution in [0.3, 0.4) is 0 Å². The average molecular weight is 311 g/mol. The number of aromatic carboxylic acids is 1. The number of aromatic nitrogens is 1. The Morgan fingerprint density at radius 2 is 1.81 bits per heavy atom. The predicted octanol–water partition coefficient (Wildman–Crippen LogP) is 3.49. The van der Waals surface area contributed by atoms with E-state index in [1.165, 1.54) is 6.92 Å². The monoisotopic (exact) mass is 311 g/mol. The van der Waals surface area contributed by atoms with Gasteiger partial charge in [-0.3, -0.25) is 4.79 Å². The van der Waals surface area contributed by atoms with E-state index < -0.39 is 11.6 Å². The summed E-state index contributed by atoms with van der Waals surface area (Å²) in [6.45, 7) is 5.81. The lowest BCUT2D eigenvalue weighted by Crippen LogP contribution is -2.36. The quantitative estimate of drug-likeness (QED) is 0.861. The molecule has 0 atom stereocenters. The lowest BCUT2D eigenvalue weighted by molar-refractivity contribution is -0.0668. The highest BCUT2D eigenvalue weighted by molar-refractivity contribution is 7.14. The first-order chi connectivity index (χ1) is 9.71. The van der Waals surface area contributed by atoms with Gasteiger partial charge in [-0.25, -0.2) is 9.78 Å². The number of ether oxygens (including phenoxy) is 1. The topological polar surface area (TPSA) is 76.5 Å². The Morgan fingerprint density at radius 3 is 2.19 bits per heavy atom. The molecule has 0 amide bonds. The number of ketones is 1. The van der Waals surface area contributed by atoms with Gasteiger partial charge in [-0.15, -0.1) is 11.3 Å². The van der Waals surface area contributed by atoms with Crippen LogP contribution in [0.25, 0.3) is 0 Å². The Hall–Kier alpha value is -1.27. The van der Waals surface area contributed by atoms with Crippen LogP contribution in [0, 0.1) is 5.41 Å². The number of rotatable bonds is 4. The molecule has 6 heteroatoms. The third kappa shape index (κ3) is 3.01. The maximum Gasteiger partial charge on any atom is 0.356 e. The summed E-state index contributed by atoms with van der Waals surface area (Å²) in [5.74, 6) is -1.43. The van der Waals surface area contributed by atoms with E-state index in [0.717, 1.165) is 37.0 Å². The second kappa shape index (κ2) is 5.50. The Bertz CT molecular complexity index is 535. The number of carbonyl (C=O) groups is 2. The molecular weight excluding hydrogens is 290 g/mol. The molecule has 0 unspecified atom stereocenters. The van der Waals surface area contributed by atoms with Gasteiger partial charge in [0.15, 0.2) is 11.5 Å². The zero-order valence-corrected chi connectivity index (χ0v) is 13.7. The number of thiazole rings is 1. The molecule has 0 radical (unpaired) electrons. The Labute approximate surface area is 128 Å². The molecule has 5 nitrogen and oxygen atoms in total. The molecule has 1 heterocycles. The van der Waals surface area contributed by atoms with Crippen molar-refractivity contribution in [2.45, 2.75) is 52.1 Å². The van der Waals surface area contributed by atoms with E-state index in [-0.39, 0.29) is 21.8 Å². The molecule has 0 aromatic carbocycles. The summed E-state index contributed by atoms with van der Waals surface area (Å²) >= 11 is 1.16. The molecule has 1 aromatic heterocycles. The number of hydrogen-bond acceptors (Lipinski definition) is 5. The van der Waals surface area contributed by atoms with Gasteiger partial charge in [-0.1, -0.05) is 13.8 Å². The van der Waals surface area contributed by atoms with Crippen molar-refractivity contribution in [3.63, 3.8) is 0 Å². The first-order valence-corrected chi connectivity index (χ1v) is 7.83. The van der Waals surface area contributed by atoms with Gasteiger partial charge in [0.2, 0.25) is 0 Å². The van der Waals surface area contributed by atoms with Crippen LogP contribution >= 0.6 is 11.3 Å². The van der Waals surface area contributed by atoms with Gasteiger partial charge in [0.05, 0.1) is 0 Å². The van der Waals surface area contributed by atoms with E-state index >= 15 is 0 Å². The fourth-order valence-corrected chi connectivity index (χ4v) is 3.91. The number of Topliss-reactive ketones (excluding diaryl/α,β-unsaturated/α-hetero) is 1. The van der Waals surface area contributed by atoms with Crippen LogP contribution in [0.2, 0.25) is 0 Å². The third-order valence-electron chi connectivity index (χ3n) is 4.34. The summed E-state index contributed by atoms with van der Waals surface area (Å²) in [7, 11) is 1.63. The minimum atomic E-state index is -1.16. The summed E-state index contributed by atoms with van der Waals surface area (Å²) < 4.78 is 5.73. The molecule has 1 fully saturated rings. The van der Waals surface area contributed by atoms with Gasteiger partial charge >= 0.3 is 5.97 Å². The molecule has 0 spiro atoms. The number of carboxylic acids is 1. The van der Waals surface area contributed by atoms with Crippen molar-refractivity contribution in [1.29, 1.82) is 0 Å². The Balaban J connectivity index is 2.42. The van der Waals surface area contributed by atoms with E-state index in [0.29, 0.717) is 5.01 Å². The number of hydrogen-bond donors (Lipinski definition) is 1. The maximum absolute atomic E-state index is 11.6. The van der Waals surface area contributed by atoms with Gasteiger partial charge in [0, 0.05) is 14.0 Å². The van der Waals surface area contributed by atoms with E-state index in [9.17, 15) is 14.7 Å². The zero-order chi connectivity index (χ0) is 15.8. The lowest BCUT2D eigenvalue weighted by atomic mass is 9.71. The summed E-state index contributed by atoms with van der Waals surface area (Å²) in [5, 5.41) is 9.83. The van der Waals surface area contributed by atoms with Crippen LogP contribution in [-0.2, 0) is 10.3 Å². The molecule has 0 bridgehead atoms. The van der Waals surface area contributed by atoms with Crippen LogP contribution < -0.4 is 0 Å². The van der Waals surface area contributed by atoms with Gasteiger partial charge < -0.3 is 9.84 Å². The van der Waals surface area contributed by atoms with Crippen molar-refractivity contribution >= 4 is 23.1 Å². The lowest BCUT2D eigenvalue weighted by Gasteiger charge is -2.41. The minimum absolute atomic E-state index is 0.149. The predicted molar refractivity (Wildman–Crippen MR) is 80.0 cm³/mol. The summed E-state index contributed by atoms with van der Waals surface area (Å²) in [5.41, 5.74) is -0.445. The SMILES string of the molecule is COC1(c2nc(C(=O)O)c(C(C)=O)s2)CCC(C)(C)CC1. The molecule has 1 saturated carbocycles. The molecule has 116 valence electrons. The van der Waals surface area contributed by atoms with Gasteiger partial charge in [0.25, 0.3) is 0 Å². The largest absolute Gasteiger partial charge is 0.476 e. The summed E-state index contributed by atoms with van der Waals surface area (Å²) in [6.07, 6.45) is 3.55. The number of carboxylic acid groups (broad SMARTS) is 1. The highest BCUT2D eigenvalue weighted by Crippen LogP contribution is 2.48. The fourth-order valence-electron chi connectivity index (χ4n) is 2.73. The van der Waals surface area contributed by atoms with Gasteiger partial charge in [0.1, 0.15) is 15.5 Å². The van der Waals surface area contributed by atoms with Crippen molar-refractivity contribution in [1.82, 2.24) is 4.98 Å². The molecule has 0 saturated heterocycles. The molecule has 21 heavy (non-hydrogen) atoms. The van der Waals surface area contributed by atoms with Crippen molar-refractivity contribution in [3.8, 4) is 0 Å². The molecular formula is C15H21NO4S. The Morgan fingerprint density at radius 1 is 1.24 bits per heavy atom. The molecule has 0 aliphatic heterocycles. The molecule has 1 aliphatic rings. The van der Waals surface area contributed by atoms with Crippen LogP contribution in [0.1, 0.15) is 71.6 Å². The summed E-state index contributed by atoms with van der Waals surface area (Å²) in [4.78, 5) is 27.3. The standard InChI is InChI=1S/C15H21NO4S/c1-9(17)11-10(12(18)19)16-13(21-11)15(20-4)7-5-14(2,3)6-8-15/h5-8H2,1-4H3,(H,18,19). The number of carbonyl (C=O) groups excluding carboxylic acids is 1. The second-order valence-electron chi connectivity index (χ2n) is 6.42.